The molecule has 1 aromatic rings. The van der Waals surface area contributed by atoms with Gasteiger partial charge in [-0.3, -0.25) is 9.78 Å². The van der Waals surface area contributed by atoms with Crippen molar-refractivity contribution in [2.24, 2.45) is 0 Å². The van der Waals surface area contributed by atoms with Gasteiger partial charge in [0.25, 0.3) is 5.91 Å². The summed E-state index contributed by atoms with van der Waals surface area (Å²) >= 11 is 0. The largest absolute Gasteiger partial charge is 0.389 e. The fraction of sp³-hybridized carbons (Fsp3) is 0.500. The number of rotatable bonds is 5. The van der Waals surface area contributed by atoms with Gasteiger partial charge in [-0.25, -0.2) is 0 Å². The molecular formula is C12H19N3O2. The Labute approximate surface area is 101 Å². The predicted molar refractivity (Wildman–Crippen MR) is 65.6 cm³/mol. The zero-order valence-electron chi connectivity index (χ0n) is 10.4. The second-order valence-corrected chi connectivity index (χ2v) is 4.55. The maximum Gasteiger partial charge on any atom is 0.269 e. The summed E-state index contributed by atoms with van der Waals surface area (Å²) in [5, 5.41) is 15.1. The molecule has 0 bridgehead atoms. The maximum absolute atomic E-state index is 11.2. The zero-order chi connectivity index (χ0) is 12.9. The number of carbonyl (C=O) groups is 1. The molecule has 1 heterocycles. The lowest BCUT2D eigenvalue weighted by molar-refractivity contribution is 0.0795. The van der Waals surface area contributed by atoms with Crippen LogP contribution in [-0.2, 0) is 6.54 Å². The molecule has 1 aromatic heterocycles. The number of nitrogens with one attached hydrogen (secondary N) is 2. The van der Waals surface area contributed by atoms with Gasteiger partial charge in [-0.2, -0.15) is 0 Å². The third-order valence-electron chi connectivity index (χ3n) is 2.17. The average molecular weight is 237 g/mol. The molecule has 0 aliphatic heterocycles. The van der Waals surface area contributed by atoms with Crippen LogP contribution in [0.25, 0.3) is 0 Å². The topological polar surface area (TPSA) is 74.2 Å². The Morgan fingerprint density at radius 2 is 2.18 bits per heavy atom. The summed E-state index contributed by atoms with van der Waals surface area (Å²) in [6.45, 7) is 4.61. The van der Waals surface area contributed by atoms with Crippen LogP contribution in [0.15, 0.2) is 18.3 Å². The van der Waals surface area contributed by atoms with Gasteiger partial charge in [-0.1, -0.05) is 6.07 Å². The SMILES string of the molecule is CNC(=O)c1ccc(CNCC(C)(C)O)cn1. The van der Waals surface area contributed by atoms with Gasteiger partial charge in [-0.05, 0) is 25.5 Å². The van der Waals surface area contributed by atoms with Crippen molar-refractivity contribution in [3.05, 3.63) is 29.6 Å². The first-order valence-corrected chi connectivity index (χ1v) is 5.52. The minimum Gasteiger partial charge on any atom is -0.389 e. The van der Waals surface area contributed by atoms with Crippen LogP contribution in [0.4, 0.5) is 0 Å². The smallest absolute Gasteiger partial charge is 0.269 e. The van der Waals surface area contributed by atoms with Gasteiger partial charge in [0.15, 0.2) is 0 Å². The summed E-state index contributed by atoms with van der Waals surface area (Å²) in [5.74, 6) is -0.194. The highest BCUT2D eigenvalue weighted by molar-refractivity contribution is 5.91. The first-order chi connectivity index (χ1) is 7.92. The van der Waals surface area contributed by atoms with Gasteiger partial charge in [-0.15, -0.1) is 0 Å². The summed E-state index contributed by atoms with van der Waals surface area (Å²) in [5.41, 5.74) is 0.649. The highest BCUT2D eigenvalue weighted by atomic mass is 16.3. The second-order valence-electron chi connectivity index (χ2n) is 4.55. The van der Waals surface area contributed by atoms with Crippen molar-refractivity contribution in [3.63, 3.8) is 0 Å². The first kappa shape index (κ1) is 13.6. The van der Waals surface area contributed by atoms with Crippen molar-refractivity contribution >= 4 is 5.91 Å². The number of amides is 1. The normalized spacial score (nSPS) is 11.3. The Kier molecular flexibility index (Phi) is 4.60. The van der Waals surface area contributed by atoms with E-state index >= 15 is 0 Å². The van der Waals surface area contributed by atoms with E-state index in [0.29, 0.717) is 18.8 Å². The summed E-state index contributed by atoms with van der Waals surface area (Å²) < 4.78 is 0. The molecule has 0 saturated heterocycles. The third-order valence-corrected chi connectivity index (χ3v) is 2.17. The molecule has 0 aromatic carbocycles. The van der Waals surface area contributed by atoms with E-state index in [4.69, 9.17) is 0 Å². The lowest BCUT2D eigenvalue weighted by Crippen LogP contribution is -2.34. The fourth-order valence-electron chi connectivity index (χ4n) is 1.30. The Hall–Kier alpha value is -1.46. The van der Waals surface area contributed by atoms with Crippen molar-refractivity contribution in [1.82, 2.24) is 15.6 Å². The van der Waals surface area contributed by atoms with E-state index in [1.54, 1.807) is 33.2 Å². The molecule has 0 atom stereocenters. The minimum absolute atomic E-state index is 0.194. The van der Waals surface area contributed by atoms with Gasteiger partial charge in [0.05, 0.1) is 5.60 Å². The Morgan fingerprint density at radius 1 is 1.47 bits per heavy atom. The van der Waals surface area contributed by atoms with Crippen molar-refractivity contribution in [1.29, 1.82) is 0 Å². The third kappa shape index (κ3) is 4.93. The van der Waals surface area contributed by atoms with Crippen LogP contribution in [0, 0.1) is 0 Å². The standard InChI is InChI=1S/C12H19N3O2/c1-12(2,17)8-14-6-9-4-5-10(15-7-9)11(16)13-3/h4-5,7,14,17H,6,8H2,1-3H3,(H,13,16). The van der Waals surface area contributed by atoms with Crippen LogP contribution in [0.5, 0.6) is 0 Å². The molecule has 94 valence electrons. The summed E-state index contributed by atoms with van der Waals surface area (Å²) in [4.78, 5) is 15.3. The molecule has 0 unspecified atom stereocenters. The molecule has 0 saturated carbocycles. The minimum atomic E-state index is -0.727. The molecule has 5 heteroatoms. The molecule has 1 amide bonds. The number of aromatic nitrogens is 1. The van der Waals surface area contributed by atoms with Crippen LogP contribution in [0.2, 0.25) is 0 Å². The second kappa shape index (κ2) is 5.75. The van der Waals surface area contributed by atoms with Gasteiger partial charge in [0, 0.05) is 26.3 Å². The van der Waals surface area contributed by atoms with Crippen LogP contribution in [0.1, 0.15) is 29.9 Å². The molecule has 3 N–H and O–H groups in total. The Bertz CT molecular complexity index is 368. The monoisotopic (exact) mass is 237 g/mol. The van der Waals surface area contributed by atoms with Crippen LogP contribution in [-0.4, -0.2) is 35.2 Å². The first-order valence-electron chi connectivity index (χ1n) is 5.52. The number of carbonyl (C=O) groups excluding carboxylic acids is 1. The number of hydrogen-bond acceptors (Lipinski definition) is 4. The highest BCUT2D eigenvalue weighted by Crippen LogP contribution is 2.02. The van der Waals surface area contributed by atoms with E-state index in [0.717, 1.165) is 5.56 Å². The number of hydrogen-bond donors (Lipinski definition) is 3. The lowest BCUT2D eigenvalue weighted by atomic mass is 10.1. The lowest BCUT2D eigenvalue weighted by Gasteiger charge is -2.17. The Morgan fingerprint density at radius 3 is 2.65 bits per heavy atom. The van der Waals surface area contributed by atoms with Gasteiger partial charge in [0.2, 0.25) is 0 Å². The average Bonchev–Trinajstić information content (AvgIpc) is 2.27. The van der Waals surface area contributed by atoms with Crippen molar-refractivity contribution < 1.29 is 9.90 Å². The van der Waals surface area contributed by atoms with E-state index < -0.39 is 5.60 Å². The summed E-state index contributed by atoms with van der Waals surface area (Å²) in [6, 6.07) is 3.52. The molecule has 0 spiro atoms. The zero-order valence-corrected chi connectivity index (χ0v) is 10.4. The molecular weight excluding hydrogens is 218 g/mol. The predicted octanol–water partition coefficient (Wildman–Crippen LogP) is 0.302. The van der Waals surface area contributed by atoms with Gasteiger partial charge in [0.1, 0.15) is 5.69 Å². The number of nitrogens with zero attached hydrogens (tertiary/aromatic N) is 1. The van der Waals surface area contributed by atoms with E-state index in [-0.39, 0.29) is 5.91 Å². The quantitative estimate of drug-likeness (QED) is 0.688. The highest BCUT2D eigenvalue weighted by Gasteiger charge is 2.11. The summed E-state index contributed by atoms with van der Waals surface area (Å²) in [6.07, 6.45) is 1.65. The van der Waals surface area contributed by atoms with Crippen molar-refractivity contribution in [2.45, 2.75) is 26.0 Å². The summed E-state index contributed by atoms with van der Waals surface area (Å²) in [7, 11) is 1.57. The van der Waals surface area contributed by atoms with E-state index in [1.807, 2.05) is 6.07 Å². The molecule has 0 fully saturated rings. The van der Waals surface area contributed by atoms with Crippen LogP contribution >= 0.6 is 0 Å². The number of pyridine rings is 1. The number of aliphatic hydroxyl groups is 1. The van der Waals surface area contributed by atoms with Crippen molar-refractivity contribution in [3.8, 4) is 0 Å². The Balaban J connectivity index is 2.49. The maximum atomic E-state index is 11.2. The molecule has 0 radical (unpaired) electrons. The van der Waals surface area contributed by atoms with E-state index in [9.17, 15) is 9.90 Å². The van der Waals surface area contributed by atoms with Gasteiger partial charge < -0.3 is 15.7 Å². The molecule has 0 aliphatic carbocycles. The van der Waals surface area contributed by atoms with Crippen LogP contribution < -0.4 is 10.6 Å². The molecule has 5 nitrogen and oxygen atoms in total. The molecule has 17 heavy (non-hydrogen) atoms. The molecule has 0 aliphatic rings. The van der Waals surface area contributed by atoms with Crippen molar-refractivity contribution in [2.75, 3.05) is 13.6 Å². The van der Waals surface area contributed by atoms with Gasteiger partial charge >= 0.3 is 0 Å². The van der Waals surface area contributed by atoms with Crippen LogP contribution in [0.3, 0.4) is 0 Å². The fourth-order valence-corrected chi connectivity index (χ4v) is 1.30. The van der Waals surface area contributed by atoms with E-state index in [1.165, 1.54) is 0 Å². The van der Waals surface area contributed by atoms with E-state index in [2.05, 4.69) is 15.6 Å². The molecule has 1 rings (SSSR count).